The van der Waals surface area contributed by atoms with Crippen LogP contribution in [-0.2, 0) is 0 Å². The van der Waals surface area contributed by atoms with Crippen molar-refractivity contribution in [2.24, 2.45) is 11.8 Å². The maximum absolute atomic E-state index is 13.7. The van der Waals surface area contributed by atoms with E-state index in [0.717, 1.165) is 37.7 Å². The molecule has 0 aromatic heterocycles. The van der Waals surface area contributed by atoms with Crippen LogP contribution in [0, 0.1) is 23.5 Å². The summed E-state index contributed by atoms with van der Waals surface area (Å²) in [6.07, 6.45) is 5.41. The normalized spacial score (nSPS) is 20.4. The van der Waals surface area contributed by atoms with Gasteiger partial charge in [-0.3, -0.25) is 4.79 Å². The maximum Gasteiger partial charge on any atom is 0.251 e. The van der Waals surface area contributed by atoms with E-state index in [1.165, 1.54) is 30.3 Å². The maximum atomic E-state index is 13.7. The lowest BCUT2D eigenvalue weighted by molar-refractivity contribution is 0.0947. The molecule has 3 nitrogen and oxygen atoms in total. The number of hydrogen-bond donors (Lipinski definition) is 1. The Labute approximate surface area is 172 Å². The van der Waals surface area contributed by atoms with Gasteiger partial charge in [-0.2, -0.15) is 0 Å². The zero-order valence-electron chi connectivity index (χ0n) is 17.2. The van der Waals surface area contributed by atoms with Crippen LogP contribution in [0.5, 0.6) is 0 Å². The number of rotatable bonds is 7. The van der Waals surface area contributed by atoms with Crippen molar-refractivity contribution in [3.8, 4) is 0 Å². The molecule has 29 heavy (non-hydrogen) atoms. The van der Waals surface area contributed by atoms with Gasteiger partial charge in [-0.15, -0.1) is 0 Å². The minimum Gasteiger partial charge on any atom is -0.352 e. The van der Waals surface area contributed by atoms with Gasteiger partial charge in [-0.1, -0.05) is 25.0 Å². The highest BCUT2D eigenvalue weighted by atomic mass is 19.1. The van der Waals surface area contributed by atoms with Crippen LogP contribution in [-0.4, -0.2) is 31.4 Å². The predicted octanol–water partition coefficient (Wildman–Crippen LogP) is 5.19. The van der Waals surface area contributed by atoms with E-state index < -0.39 is 0 Å². The van der Waals surface area contributed by atoms with Crippen LogP contribution < -0.4 is 5.32 Å². The van der Waals surface area contributed by atoms with Crippen LogP contribution in [0.15, 0.2) is 48.5 Å². The Morgan fingerprint density at radius 1 is 1.03 bits per heavy atom. The van der Waals surface area contributed by atoms with Crippen LogP contribution in [0.1, 0.15) is 54.1 Å². The van der Waals surface area contributed by atoms with Gasteiger partial charge in [0.2, 0.25) is 0 Å². The van der Waals surface area contributed by atoms with Crippen molar-refractivity contribution in [3.05, 3.63) is 71.3 Å². The number of amides is 1. The van der Waals surface area contributed by atoms with Crippen molar-refractivity contribution < 1.29 is 13.6 Å². The second-order valence-electron chi connectivity index (χ2n) is 8.30. The molecule has 2 aromatic rings. The number of carbonyl (C=O) groups is 1. The molecule has 0 heterocycles. The Morgan fingerprint density at radius 2 is 1.72 bits per heavy atom. The average molecular weight is 401 g/mol. The third-order valence-electron chi connectivity index (χ3n) is 6.03. The highest BCUT2D eigenvalue weighted by molar-refractivity contribution is 5.94. The molecule has 1 unspecified atom stereocenters. The summed E-state index contributed by atoms with van der Waals surface area (Å²) >= 11 is 0. The molecule has 0 saturated heterocycles. The summed E-state index contributed by atoms with van der Waals surface area (Å²) in [5.41, 5.74) is 1.53. The van der Waals surface area contributed by atoms with Gasteiger partial charge in [0.15, 0.2) is 0 Å². The standard InChI is InChI=1S/C24H30F2N2O/c1-28(2)23(20-4-3-5-22(26)16-20)18-8-6-17(7-9-18)14-15-27-24(29)19-10-12-21(25)13-11-19/h3-5,10-13,16-18,23H,6-9,14-15H2,1-2H3,(H,27,29). The van der Waals surface area contributed by atoms with Crippen molar-refractivity contribution in [2.75, 3.05) is 20.6 Å². The molecule has 5 heteroatoms. The van der Waals surface area contributed by atoms with Crippen LogP contribution in [0.2, 0.25) is 0 Å². The number of nitrogens with one attached hydrogen (secondary N) is 1. The van der Waals surface area contributed by atoms with Gasteiger partial charge in [0.25, 0.3) is 5.91 Å². The third kappa shape index (κ3) is 5.86. The summed E-state index contributed by atoms with van der Waals surface area (Å²) in [7, 11) is 4.12. The fourth-order valence-electron chi connectivity index (χ4n) is 4.57. The highest BCUT2D eigenvalue weighted by Crippen LogP contribution is 2.40. The first-order valence-corrected chi connectivity index (χ1v) is 10.4. The zero-order valence-corrected chi connectivity index (χ0v) is 17.2. The molecule has 1 aliphatic rings. The third-order valence-corrected chi connectivity index (χ3v) is 6.03. The summed E-state index contributed by atoms with van der Waals surface area (Å²) in [6.45, 7) is 0.631. The minimum absolute atomic E-state index is 0.155. The molecule has 1 saturated carbocycles. The van der Waals surface area contributed by atoms with E-state index in [0.29, 0.717) is 23.9 Å². The smallest absolute Gasteiger partial charge is 0.251 e. The highest BCUT2D eigenvalue weighted by Gasteiger charge is 2.30. The van der Waals surface area contributed by atoms with E-state index in [1.807, 2.05) is 6.07 Å². The van der Waals surface area contributed by atoms with Crippen LogP contribution in [0.3, 0.4) is 0 Å². The van der Waals surface area contributed by atoms with E-state index in [-0.39, 0.29) is 23.6 Å². The quantitative estimate of drug-likeness (QED) is 0.693. The number of halogens is 2. The first-order chi connectivity index (χ1) is 13.9. The van der Waals surface area contributed by atoms with Gasteiger partial charge >= 0.3 is 0 Å². The van der Waals surface area contributed by atoms with Gasteiger partial charge in [0.1, 0.15) is 11.6 Å². The molecule has 1 atom stereocenters. The predicted molar refractivity (Wildman–Crippen MR) is 112 cm³/mol. The molecule has 1 fully saturated rings. The molecule has 0 spiro atoms. The van der Waals surface area contributed by atoms with Gasteiger partial charge in [0, 0.05) is 18.2 Å². The molecule has 0 radical (unpaired) electrons. The fraction of sp³-hybridized carbons (Fsp3) is 0.458. The summed E-state index contributed by atoms with van der Waals surface area (Å²) in [5, 5.41) is 2.94. The topological polar surface area (TPSA) is 32.3 Å². The van der Waals surface area contributed by atoms with Gasteiger partial charge in [-0.05, 0) is 87.2 Å². The molecule has 3 rings (SSSR count). The molecule has 0 bridgehead atoms. The van der Waals surface area contributed by atoms with Crippen molar-refractivity contribution in [2.45, 2.75) is 38.1 Å². The van der Waals surface area contributed by atoms with Crippen LogP contribution >= 0.6 is 0 Å². The molecule has 1 aliphatic carbocycles. The number of hydrogen-bond acceptors (Lipinski definition) is 2. The lowest BCUT2D eigenvalue weighted by Gasteiger charge is -2.37. The van der Waals surface area contributed by atoms with E-state index in [2.05, 4.69) is 24.3 Å². The van der Waals surface area contributed by atoms with E-state index in [4.69, 9.17) is 0 Å². The number of benzene rings is 2. The molecule has 1 N–H and O–H groups in total. The van der Waals surface area contributed by atoms with E-state index >= 15 is 0 Å². The van der Waals surface area contributed by atoms with Crippen molar-refractivity contribution >= 4 is 5.91 Å². The first-order valence-electron chi connectivity index (χ1n) is 10.4. The molecular formula is C24H30F2N2O. The Kier molecular flexibility index (Phi) is 7.37. The van der Waals surface area contributed by atoms with E-state index in [1.54, 1.807) is 12.1 Å². The monoisotopic (exact) mass is 400 g/mol. The second-order valence-corrected chi connectivity index (χ2v) is 8.30. The summed E-state index contributed by atoms with van der Waals surface area (Å²) in [6, 6.07) is 12.8. The number of nitrogens with zero attached hydrogens (tertiary/aromatic N) is 1. The van der Waals surface area contributed by atoms with E-state index in [9.17, 15) is 13.6 Å². The fourth-order valence-corrected chi connectivity index (χ4v) is 4.57. The molecule has 2 aromatic carbocycles. The lowest BCUT2D eigenvalue weighted by Crippen LogP contribution is -2.31. The molecular weight excluding hydrogens is 370 g/mol. The van der Waals surface area contributed by atoms with Crippen molar-refractivity contribution in [1.82, 2.24) is 10.2 Å². The zero-order chi connectivity index (χ0) is 20.8. The van der Waals surface area contributed by atoms with Gasteiger partial charge in [-0.25, -0.2) is 8.78 Å². The van der Waals surface area contributed by atoms with Crippen molar-refractivity contribution in [1.29, 1.82) is 0 Å². The minimum atomic E-state index is -0.340. The first kappa shape index (κ1) is 21.4. The summed E-state index contributed by atoms with van der Waals surface area (Å²) in [4.78, 5) is 14.3. The Morgan fingerprint density at radius 3 is 2.34 bits per heavy atom. The Hall–Kier alpha value is -2.27. The SMILES string of the molecule is CN(C)C(c1cccc(F)c1)C1CCC(CCNC(=O)c2ccc(F)cc2)CC1. The Balaban J connectivity index is 1.47. The summed E-state index contributed by atoms with van der Waals surface area (Å²) in [5.74, 6) is 0.428. The lowest BCUT2D eigenvalue weighted by atomic mass is 9.75. The largest absolute Gasteiger partial charge is 0.352 e. The molecule has 1 amide bonds. The average Bonchev–Trinajstić information content (AvgIpc) is 2.69. The Bertz CT molecular complexity index is 799. The second kappa shape index (κ2) is 9.97. The van der Waals surface area contributed by atoms with Crippen LogP contribution in [0.25, 0.3) is 0 Å². The molecule has 0 aliphatic heterocycles. The number of carbonyl (C=O) groups excluding carboxylic acids is 1. The van der Waals surface area contributed by atoms with Gasteiger partial charge < -0.3 is 10.2 Å². The molecule has 156 valence electrons. The van der Waals surface area contributed by atoms with Crippen molar-refractivity contribution in [3.63, 3.8) is 0 Å². The summed E-state index contributed by atoms with van der Waals surface area (Å²) < 4.78 is 26.7. The van der Waals surface area contributed by atoms with Crippen LogP contribution in [0.4, 0.5) is 8.78 Å². The van der Waals surface area contributed by atoms with Gasteiger partial charge in [0.05, 0.1) is 0 Å².